The zero-order valence-corrected chi connectivity index (χ0v) is 3.98. The van der Waals surface area contributed by atoms with Crippen molar-refractivity contribution in [1.82, 2.24) is 0 Å². The summed E-state index contributed by atoms with van der Waals surface area (Å²) in [6, 6.07) is 0. The van der Waals surface area contributed by atoms with Crippen LogP contribution in [0, 0.1) is 0 Å². The quantitative estimate of drug-likeness (QED) is 0.290. The first-order valence-corrected chi connectivity index (χ1v) is 2.13. The van der Waals surface area contributed by atoms with E-state index in [1.807, 2.05) is 12.2 Å². The lowest BCUT2D eigenvalue weighted by molar-refractivity contribution is 1.06. The van der Waals surface area contributed by atoms with Crippen molar-refractivity contribution in [2.24, 2.45) is 0 Å². The molecule has 1 heteroatoms. The Morgan fingerprint density at radius 3 is 1.43 bits per heavy atom. The Morgan fingerprint density at radius 1 is 1.00 bits per heavy atom. The van der Waals surface area contributed by atoms with Crippen LogP contribution < -0.4 is 0 Å². The van der Waals surface area contributed by atoms with Crippen LogP contribution in [0.25, 0.3) is 0 Å². The molecule has 0 rings (SSSR count). The molecule has 0 atom stereocenters. The molecule has 7 heavy (non-hydrogen) atoms. The van der Waals surface area contributed by atoms with Gasteiger partial charge in [0.2, 0.25) is 0 Å². The monoisotopic (exact) mass is 112 g/mol. The largest absolute Gasteiger partial charge is 0.187 e. The molecule has 0 aromatic rings. The highest BCUT2D eigenvalue weighted by molar-refractivity contribution is 5.75. The topological polar surface area (TPSA) is 0 Å². The summed E-state index contributed by atoms with van der Waals surface area (Å²) in [5, 5.41) is 0. The van der Waals surface area contributed by atoms with Crippen molar-refractivity contribution < 1.29 is 0 Å². The molecule has 0 saturated carbocycles. The predicted octanol–water partition coefficient (Wildman–Crippen LogP) is 0.955. The highest BCUT2D eigenvalue weighted by atomic mass is 27.0. The standard InChI is InChI=1S/C6H10.Al.3H/c1-3-5-6-4-2;;;;/h3-4H,1-2,5-6H2;;;;. The Kier molecular flexibility index (Phi) is 13.5. The van der Waals surface area contributed by atoms with Crippen LogP contribution in [0.3, 0.4) is 0 Å². The van der Waals surface area contributed by atoms with Gasteiger partial charge in [0.15, 0.2) is 17.4 Å². The first kappa shape index (κ1) is 10.1. The molecule has 0 aliphatic rings. The highest BCUT2D eigenvalue weighted by Crippen LogP contribution is 1.86. The number of hydrogen-bond donors (Lipinski definition) is 0. The van der Waals surface area contributed by atoms with Crippen molar-refractivity contribution in [3.8, 4) is 0 Å². The maximum Gasteiger partial charge on any atom is 0.187 e. The molecule has 0 radical (unpaired) electrons. The fraction of sp³-hybridized carbons (Fsp3) is 0.333. The number of rotatable bonds is 3. The smallest absolute Gasteiger partial charge is 0.103 e. The normalized spacial score (nSPS) is 6.29. The van der Waals surface area contributed by atoms with Crippen LogP contribution in [0.4, 0.5) is 0 Å². The van der Waals surface area contributed by atoms with Crippen LogP contribution in [0.5, 0.6) is 0 Å². The Hall–Kier alpha value is 0.0125. The van der Waals surface area contributed by atoms with E-state index in [-0.39, 0.29) is 17.4 Å². The molecule has 0 N–H and O–H groups in total. The maximum atomic E-state index is 3.55. The van der Waals surface area contributed by atoms with Gasteiger partial charge in [-0.1, -0.05) is 12.2 Å². The van der Waals surface area contributed by atoms with Gasteiger partial charge in [0.05, 0.1) is 0 Å². The van der Waals surface area contributed by atoms with Gasteiger partial charge in [-0.25, -0.2) is 0 Å². The molecular formula is C6H13Al. The van der Waals surface area contributed by atoms with Gasteiger partial charge in [-0.15, -0.1) is 13.2 Å². The summed E-state index contributed by atoms with van der Waals surface area (Å²) in [6.07, 6.45) is 5.90. The van der Waals surface area contributed by atoms with Gasteiger partial charge in [0.1, 0.15) is 0 Å². The molecule has 0 saturated heterocycles. The lowest BCUT2D eigenvalue weighted by atomic mass is 10.3. The van der Waals surface area contributed by atoms with Crippen molar-refractivity contribution in [2.45, 2.75) is 12.8 Å². The zero-order chi connectivity index (χ0) is 4.83. The van der Waals surface area contributed by atoms with Crippen molar-refractivity contribution in [3.63, 3.8) is 0 Å². The zero-order valence-electron chi connectivity index (χ0n) is 3.98. The van der Waals surface area contributed by atoms with E-state index in [0.717, 1.165) is 12.8 Å². The minimum atomic E-state index is 0. The van der Waals surface area contributed by atoms with Crippen LogP contribution in [-0.2, 0) is 0 Å². The van der Waals surface area contributed by atoms with Crippen molar-refractivity contribution >= 4 is 17.4 Å². The molecule has 0 spiro atoms. The van der Waals surface area contributed by atoms with Gasteiger partial charge in [0.25, 0.3) is 0 Å². The van der Waals surface area contributed by atoms with Crippen molar-refractivity contribution in [3.05, 3.63) is 25.3 Å². The van der Waals surface area contributed by atoms with E-state index in [0.29, 0.717) is 0 Å². The fourth-order valence-electron chi connectivity index (χ4n) is 0.236. The second kappa shape index (κ2) is 9.38. The first-order valence-electron chi connectivity index (χ1n) is 2.13. The van der Waals surface area contributed by atoms with Crippen molar-refractivity contribution in [2.75, 3.05) is 0 Å². The minimum Gasteiger partial charge on any atom is -0.103 e. The Bertz CT molecular complexity index is 40.1. The van der Waals surface area contributed by atoms with Gasteiger partial charge in [-0.3, -0.25) is 0 Å². The fourth-order valence-corrected chi connectivity index (χ4v) is 0.236. The van der Waals surface area contributed by atoms with Gasteiger partial charge in [0, 0.05) is 0 Å². The van der Waals surface area contributed by atoms with E-state index in [4.69, 9.17) is 0 Å². The molecule has 0 fully saturated rings. The average molecular weight is 112 g/mol. The lowest BCUT2D eigenvalue weighted by Gasteiger charge is -1.76. The summed E-state index contributed by atoms with van der Waals surface area (Å²) in [5.41, 5.74) is 0. The summed E-state index contributed by atoms with van der Waals surface area (Å²) < 4.78 is 0. The van der Waals surface area contributed by atoms with E-state index < -0.39 is 0 Å². The maximum absolute atomic E-state index is 3.55. The Morgan fingerprint density at radius 2 is 1.29 bits per heavy atom. The van der Waals surface area contributed by atoms with E-state index >= 15 is 0 Å². The molecule has 0 aliphatic heterocycles. The van der Waals surface area contributed by atoms with E-state index in [1.165, 1.54) is 0 Å². The highest BCUT2D eigenvalue weighted by Gasteiger charge is 1.66. The Balaban J connectivity index is 0. The van der Waals surface area contributed by atoms with Crippen LogP contribution in [-0.4, -0.2) is 17.4 Å². The Labute approximate surface area is 56.1 Å². The molecule has 40 valence electrons. The summed E-state index contributed by atoms with van der Waals surface area (Å²) in [6.45, 7) is 7.10. The van der Waals surface area contributed by atoms with Gasteiger partial charge >= 0.3 is 0 Å². The van der Waals surface area contributed by atoms with E-state index in [2.05, 4.69) is 13.2 Å². The van der Waals surface area contributed by atoms with E-state index in [9.17, 15) is 0 Å². The van der Waals surface area contributed by atoms with Crippen LogP contribution in [0.1, 0.15) is 12.8 Å². The molecule has 0 aromatic carbocycles. The molecule has 0 bridgehead atoms. The molecular weight excluding hydrogens is 99.0 g/mol. The summed E-state index contributed by atoms with van der Waals surface area (Å²) in [4.78, 5) is 0. The molecule has 0 nitrogen and oxygen atoms in total. The second-order valence-corrected chi connectivity index (χ2v) is 1.15. The minimum absolute atomic E-state index is 0. The molecule has 0 unspecified atom stereocenters. The van der Waals surface area contributed by atoms with Crippen LogP contribution in [0.2, 0.25) is 0 Å². The number of hydrogen-bond acceptors (Lipinski definition) is 0. The molecule has 0 aliphatic carbocycles. The van der Waals surface area contributed by atoms with Gasteiger partial charge in [-0.2, -0.15) is 0 Å². The average Bonchev–Trinajstić information content (AvgIpc) is 1.61. The lowest BCUT2D eigenvalue weighted by Crippen LogP contribution is -1.56. The number of unbranched alkanes of at least 4 members (excludes halogenated alkanes) is 1. The summed E-state index contributed by atoms with van der Waals surface area (Å²) >= 11 is 0. The summed E-state index contributed by atoms with van der Waals surface area (Å²) in [5.74, 6) is 0. The SMILES string of the molecule is C=CCCC=C.[AlH3]. The van der Waals surface area contributed by atoms with Crippen LogP contribution in [0.15, 0.2) is 25.3 Å². The van der Waals surface area contributed by atoms with Crippen LogP contribution >= 0.6 is 0 Å². The summed E-state index contributed by atoms with van der Waals surface area (Å²) in [7, 11) is 0. The molecule has 0 heterocycles. The van der Waals surface area contributed by atoms with Crippen molar-refractivity contribution in [1.29, 1.82) is 0 Å². The predicted molar refractivity (Wildman–Crippen MR) is 39.6 cm³/mol. The van der Waals surface area contributed by atoms with E-state index in [1.54, 1.807) is 0 Å². The second-order valence-electron chi connectivity index (χ2n) is 1.15. The molecule has 0 amide bonds. The third-order valence-electron chi connectivity index (χ3n) is 0.575. The van der Waals surface area contributed by atoms with Gasteiger partial charge in [-0.05, 0) is 12.8 Å². The first-order chi connectivity index (χ1) is 2.91. The number of allylic oxidation sites excluding steroid dienone is 2. The molecule has 0 aromatic heterocycles. The van der Waals surface area contributed by atoms with Gasteiger partial charge < -0.3 is 0 Å². The third kappa shape index (κ3) is 10.7. The third-order valence-corrected chi connectivity index (χ3v) is 0.575.